The zero-order valence-corrected chi connectivity index (χ0v) is 14.8. The number of hydrogen-bond acceptors (Lipinski definition) is 3. The van der Waals surface area contributed by atoms with Crippen molar-refractivity contribution in [3.05, 3.63) is 101 Å². The zero-order chi connectivity index (χ0) is 19.9. The molecule has 28 heavy (non-hydrogen) atoms. The average molecular weight is 373 g/mol. The molecule has 0 atom stereocenters. The summed E-state index contributed by atoms with van der Waals surface area (Å²) >= 11 is 0. The van der Waals surface area contributed by atoms with E-state index in [2.05, 4.69) is 6.07 Å². The first kappa shape index (κ1) is 18.9. The maximum absolute atomic E-state index is 13.0. The molecule has 0 saturated heterocycles. The quantitative estimate of drug-likeness (QED) is 0.478. The first-order valence-corrected chi connectivity index (χ1v) is 8.48. The predicted molar refractivity (Wildman–Crippen MR) is 104 cm³/mol. The molecule has 0 aliphatic heterocycles. The van der Waals surface area contributed by atoms with Gasteiger partial charge in [-0.3, -0.25) is 0 Å². The number of carbonyl (C=O) groups is 1. The van der Waals surface area contributed by atoms with Gasteiger partial charge in [0.2, 0.25) is 0 Å². The Labute approximate surface area is 161 Å². The van der Waals surface area contributed by atoms with Crippen LogP contribution in [0.5, 0.6) is 5.75 Å². The third-order valence-corrected chi connectivity index (χ3v) is 4.05. The average Bonchev–Trinajstić information content (AvgIpc) is 2.72. The van der Waals surface area contributed by atoms with E-state index in [-0.39, 0.29) is 18.0 Å². The first-order valence-electron chi connectivity index (χ1n) is 8.48. The summed E-state index contributed by atoms with van der Waals surface area (Å²) in [6.07, 6.45) is 1.72. The molecule has 0 bridgehead atoms. The Bertz CT molecular complexity index is 1050. The van der Waals surface area contributed by atoms with Crippen molar-refractivity contribution in [1.29, 1.82) is 5.26 Å². The minimum absolute atomic E-state index is 0.214. The molecule has 5 heteroatoms. The summed E-state index contributed by atoms with van der Waals surface area (Å²) in [5, 5.41) is 18.4. The fraction of sp³-hybridized carbons (Fsp3) is 0.0435. The Hall–Kier alpha value is -3.91. The molecule has 0 saturated carbocycles. The second-order valence-electron chi connectivity index (χ2n) is 6.04. The van der Waals surface area contributed by atoms with Gasteiger partial charge in [0.15, 0.2) is 0 Å². The van der Waals surface area contributed by atoms with Crippen molar-refractivity contribution in [3.8, 4) is 11.8 Å². The molecule has 3 aromatic rings. The van der Waals surface area contributed by atoms with Crippen LogP contribution in [-0.2, 0) is 6.61 Å². The van der Waals surface area contributed by atoms with Gasteiger partial charge in [0.25, 0.3) is 0 Å². The van der Waals surface area contributed by atoms with Crippen LogP contribution in [0, 0.1) is 17.1 Å². The largest absolute Gasteiger partial charge is 0.489 e. The molecule has 1 N–H and O–H groups in total. The van der Waals surface area contributed by atoms with Crippen LogP contribution in [0.4, 0.5) is 4.39 Å². The van der Waals surface area contributed by atoms with Crippen molar-refractivity contribution < 1.29 is 19.0 Å². The summed E-state index contributed by atoms with van der Waals surface area (Å²) in [6.45, 7) is 0.245. The molecule has 4 nitrogen and oxygen atoms in total. The minimum atomic E-state index is -0.979. The van der Waals surface area contributed by atoms with E-state index in [0.29, 0.717) is 16.9 Å². The summed E-state index contributed by atoms with van der Waals surface area (Å²) in [5.74, 6) is -0.706. The van der Waals surface area contributed by atoms with Crippen LogP contribution < -0.4 is 4.74 Å². The summed E-state index contributed by atoms with van der Waals surface area (Å²) in [5.41, 5.74) is 2.85. The smallest absolute Gasteiger partial charge is 0.335 e. The van der Waals surface area contributed by atoms with Gasteiger partial charge in [-0.15, -0.1) is 0 Å². The fourth-order valence-electron chi connectivity index (χ4n) is 2.60. The minimum Gasteiger partial charge on any atom is -0.489 e. The van der Waals surface area contributed by atoms with Crippen molar-refractivity contribution in [2.24, 2.45) is 0 Å². The van der Waals surface area contributed by atoms with Crippen LogP contribution in [0.3, 0.4) is 0 Å². The summed E-state index contributed by atoms with van der Waals surface area (Å²) < 4.78 is 18.7. The number of benzene rings is 3. The highest BCUT2D eigenvalue weighted by atomic mass is 19.1. The third kappa shape index (κ3) is 4.83. The SMILES string of the molecule is N#CC(=Cc1ccc(OCc2cccc(C(=O)O)c2)cc1)c1ccc(F)cc1. The maximum Gasteiger partial charge on any atom is 0.335 e. The van der Waals surface area contributed by atoms with Crippen LogP contribution in [-0.4, -0.2) is 11.1 Å². The van der Waals surface area contributed by atoms with Crippen LogP contribution in [0.2, 0.25) is 0 Å². The molecular weight excluding hydrogens is 357 g/mol. The molecule has 0 amide bonds. The highest BCUT2D eigenvalue weighted by Gasteiger charge is 2.05. The Morgan fingerprint density at radius 2 is 1.75 bits per heavy atom. The van der Waals surface area contributed by atoms with E-state index in [1.807, 2.05) is 12.1 Å². The Kier molecular flexibility index (Phi) is 5.83. The molecule has 0 spiro atoms. The molecule has 0 radical (unpaired) electrons. The number of rotatable bonds is 6. The van der Waals surface area contributed by atoms with E-state index in [1.165, 1.54) is 18.2 Å². The van der Waals surface area contributed by atoms with E-state index >= 15 is 0 Å². The monoisotopic (exact) mass is 373 g/mol. The summed E-state index contributed by atoms with van der Waals surface area (Å²) in [7, 11) is 0. The normalized spacial score (nSPS) is 10.9. The van der Waals surface area contributed by atoms with Crippen LogP contribution >= 0.6 is 0 Å². The highest BCUT2D eigenvalue weighted by molar-refractivity contribution is 5.89. The standard InChI is InChI=1S/C23H16FNO3/c24-21-8-6-18(7-9-21)20(14-25)12-16-4-10-22(11-5-16)28-15-17-2-1-3-19(13-17)23(26)27/h1-13H,15H2,(H,26,27). The van der Waals surface area contributed by atoms with E-state index in [9.17, 15) is 14.4 Å². The molecule has 0 heterocycles. The van der Waals surface area contributed by atoms with Crippen molar-refractivity contribution in [3.63, 3.8) is 0 Å². The van der Waals surface area contributed by atoms with Gasteiger partial charge in [0.1, 0.15) is 18.2 Å². The molecule has 138 valence electrons. The molecule has 0 aromatic heterocycles. The number of hydrogen-bond donors (Lipinski definition) is 1. The van der Waals surface area contributed by atoms with Crippen molar-refractivity contribution in [2.45, 2.75) is 6.61 Å². The van der Waals surface area contributed by atoms with Gasteiger partial charge in [-0.1, -0.05) is 36.4 Å². The second-order valence-corrected chi connectivity index (χ2v) is 6.04. The number of nitrogens with zero attached hydrogens (tertiary/aromatic N) is 1. The topological polar surface area (TPSA) is 70.3 Å². The highest BCUT2D eigenvalue weighted by Crippen LogP contribution is 2.21. The van der Waals surface area contributed by atoms with Crippen molar-refractivity contribution in [1.82, 2.24) is 0 Å². The lowest BCUT2D eigenvalue weighted by Gasteiger charge is -2.07. The van der Waals surface area contributed by atoms with Gasteiger partial charge in [-0.2, -0.15) is 5.26 Å². The second kappa shape index (κ2) is 8.65. The Morgan fingerprint density at radius 3 is 2.39 bits per heavy atom. The van der Waals surface area contributed by atoms with Crippen molar-refractivity contribution in [2.75, 3.05) is 0 Å². The maximum atomic E-state index is 13.0. The number of carboxylic acids is 1. The number of nitriles is 1. The molecule has 0 unspecified atom stereocenters. The first-order chi connectivity index (χ1) is 13.5. The summed E-state index contributed by atoms with van der Waals surface area (Å²) in [6, 6.07) is 21.6. The van der Waals surface area contributed by atoms with E-state index < -0.39 is 5.97 Å². The molecule has 3 aromatic carbocycles. The van der Waals surface area contributed by atoms with E-state index in [1.54, 1.807) is 48.5 Å². The molecule has 3 rings (SSSR count). The zero-order valence-electron chi connectivity index (χ0n) is 14.8. The lowest BCUT2D eigenvalue weighted by Crippen LogP contribution is -2.00. The van der Waals surface area contributed by atoms with Crippen molar-refractivity contribution >= 4 is 17.6 Å². The number of carboxylic acid groups (broad SMARTS) is 1. The third-order valence-electron chi connectivity index (χ3n) is 4.05. The molecule has 0 aliphatic rings. The molecule has 0 aliphatic carbocycles. The van der Waals surface area contributed by atoms with Gasteiger partial charge < -0.3 is 9.84 Å². The van der Waals surface area contributed by atoms with Gasteiger partial charge in [0.05, 0.1) is 17.2 Å². The predicted octanol–water partition coefficient (Wildman–Crippen LogP) is 5.17. The molecule has 0 fully saturated rings. The van der Waals surface area contributed by atoms with E-state index in [4.69, 9.17) is 9.84 Å². The number of aromatic carboxylic acids is 1. The summed E-state index contributed by atoms with van der Waals surface area (Å²) in [4.78, 5) is 11.0. The number of allylic oxidation sites excluding steroid dienone is 1. The van der Waals surface area contributed by atoms with Gasteiger partial charge in [-0.05, 0) is 59.2 Å². The lowest BCUT2D eigenvalue weighted by molar-refractivity contribution is 0.0696. The van der Waals surface area contributed by atoms with Gasteiger partial charge in [-0.25, -0.2) is 9.18 Å². The van der Waals surface area contributed by atoms with E-state index in [0.717, 1.165) is 11.1 Å². The Morgan fingerprint density at radius 1 is 1.04 bits per heavy atom. The van der Waals surface area contributed by atoms with Crippen LogP contribution in [0.25, 0.3) is 11.6 Å². The lowest BCUT2D eigenvalue weighted by atomic mass is 10.0. The number of ether oxygens (including phenoxy) is 1. The van der Waals surface area contributed by atoms with Crippen LogP contribution in [0.1, 0.15) is 27.0 Å². The Balaban J connectivity index is 1.69. The molecular formula is C23H16FNO3. The van der Waals surface area contributed by atoms with Gasteiger partial charge in [0, 0.05) is 0 Å². The van der Waals surface area contributed by atoms with Gasteiger partial charge >= 0.3 is 5.97 Å². The fourth-order valence-corrected chi connectivity index (χ4v) is 2.60. The van der Waals surface area contributed by atoms with Crippen LogP contribution in [0.15, 0.2) is 72.8 Å². The number of halogens is 1.